The number of carboxylic acid groups (broad SMARTS) is 1. The Labute approximate surface area is 276 Å². The largest absolute Gasteiger partial charge is 0.490 e. The maximum absolute atomic E-state index is 14.6. The minimum absolute atomic E-state index is 0.0435. The number of hydrogen-bond donors (Lipinski definition) is 1. The van der Waals surface area contributed by atoms with E-state index in [1.807, 2.05) is 68.7 Å². The van der Waals surface area contributed by atoms with E-state index in [-0.39, 0.29) is 17.5 Å². The molecule has 2 unspecified atom stereocenters. The summed E-state index contributed by atoms with van der Waals surface area (Å²) < 4.78 is 35.6. The van der Waals surface area contributed by atoms with Crippen LogP contribution in [0.15, 0.2) is 54.7 Å². The van der Waals surface area contributed by atoms with Crippen molar-refractivity contribution in [1.82, 2.24) is 9.61 Å². The summed E-state index contributed by atoms with van der Waals surface area (Å²) in [5, 5.41) is 15.5. The molecule has 0 spiro atoms. The zero-order valence-electron chi connectivity index (χ0n) is 28.3. The Morgan fingerprint density at radius 1 is 1.11 bits per heavy atom. The number of piperidine rings is 1. The summed E-state index contributed by atoms with van der Waals surface area (Å²) in [6.07, 6.45) is 5.01. The number of ether oxygens (including phenoxy) is 3. The van der Waals surface area contributed by atoms with Gasteiger partial charge in [-0.25, -0.2) is 13.7 Å². The van der Waals surface area contributed by atoms with Gasteiger partial charge in [0.25, 0.3) is 0 Å². The number of pyridine rings is 1. The van der Waals surface area contributed by atoms with Gasteiger partial charge in [-0.15, -0.1) is 0 Å². The third-order valence-corrected chi connectivity index (χ3v) is 9.26. The van der Waals surface area contributed by atoms with Crippen molar-refractivity contribution >= 4 is 17.2 Å². The molecule has 5 heterocycles. The van der Waals surface area contributed by atoms with E-state index >= 15 is 0 Å². The molecule has 2 atom stereocenters. The Morgan fingerprint density at radius 2 is 1.85 bits per heavy atom. The second kappa shape index (κ2) is 12.9. The summed E-state index contributed by atoms with van der Waals surface area (Å²) in [7, 11) is 0. The molecule has 3 aliphatic rings. The van der Waals surface area contributed by atoms with Crippen LogP contribution in [0.5, 0.6) is 5.75 Å². The van der Waals surface area contributed by atoms with Crippen LogP contribution in [0.1, 0.15) is 84.0 Å². The summed E-state index contributed by atoms with van der Waals surface area (Å²) in [4.78, 5) is 15.1. The first-order valence-electron chi connectivity index (χ1n) is 16.7. The van der Waals surface area contributed by atoms with Gasteiger partial charge in [0.15, 0.2) is 6.10 Å². The third kappa shape index (κ3) is 7.16. The number of hydrogen-bond acceptors (Lipinski definition) is 6. The van der Waals surface area contributed by atoms with Crippen LogP contribution in [0.4, 0.5) is 10.1 Å². The highest BCUT2D eigenvalue weighted by Crippen LogP contribution is 2.42. The van der Waals surface area contributed by atoms with Crippen LogP contribution < -0.4 is 9.64 Å². The van der Waals surface area contributed by atoms with E-state index in [9.17, 15) is 14.3 Å². The van der Waals surface area contributed by atoms with Crippen molar-refractivity contribution in [3.05, 3.63) is 71.7 Å². The van der Waals surface area contributed by atoms with E-state index < -0.39 is 17.7 Å². The fourth-order valence-corrected chi connectivity index (χ4v) is 6.79. The molecule has 3 aliphatic heterocycles. The standard InChI is InChI=1S/C38H46FN3O5/c1-24-23-42-31-22-30(40-42)27-12-9-11-26(20-27)29-21-28(39)13-14-32(29)46-25(2)10-7-8-19-45-38(6)15-17-41(18-16-38)34(31)33(24)35(36(43)44)47-37(3,4)5/h9,11-14,20-23,25,35H,7-8,10,15-19H2,1-6H3,(H,43,44). The topological polar surface area (TPSA) is 85.5 Å². The van der Waals surface area contributed by atoms with Gasteiger partial charge in [-0.3, -0.25) is 0 Å². The lowest BCUT2D eigenvalue weighted by molar-refractivity contribution is -0.160. The first kappa shape index (κ1) is 33.0. The maximum atomic E-state index is 14.6. The molecule has 8 nitrogen and oxygen atoms in total. The van der Waals surface area contributed by atoms with Gasteiger partial charge in [0.05, 0.1) is 34.2 Å². The number of carboxylic acids is 1. The minimum Gasteiger partial charge on any atom is -0.490 e. The summed E-state index contributed by atoms with van der Waals surface area (Å²) in [6, 6.07) is 14.6. The summed E-state index contributed by atoms with van der Waals surface area (Å²) in [5.41, 5.74) is 5.17. The van der Waals surface area contributed by atoms with Gasteiger partial charge in [0, 0.05) is 42.6 Å². The van der Waals surface area contributed by atoms with Crippen LogP contribution in [-0.2, 0) is 14.3 Å². The molecule has 250 valence electrons. The van der Waals surface area contributed by atoms with Crippen molar-refractivity contribution in [2.45, 2.75) is 97.1 Å². The van der Waals surface area contributed by atoms with Crippen molar-refractivity contribution in [3.63, 3.8) is 0 Å². The van der Waals surface area contributed by atoms with E-state index in [1.165, 1.54) is 12.1 Å². The van der Waals surface area contributed by atoms with Crippen molar-refractivity contribution in [1.29, 1.82) is 0 Å². The lowest BCUT2D eigenvalue weighted by Gasteiger charge is -2.42. The van der Waals surface area contributed by atoms with Crippen LogP contribution >= 0.6 is 0 Å². The lowest BCUT2D eigenvalue weighted by atomic mass is 9.91. The molecule has 2 aromatic carbocycles. The first-order valence-corrected chi connectivity index (χ1v) is 16.7. The Morgan fingerprint density at radius 3 is 2.57 bits per heavy atom. The van der Waals surface area contributed by atoms with E-state index in [2.05, 4.69) is 18.7 Å². The van der Waals surface area contributed by atoms with Gasteiger partial charge in [-0.05, 0) is 115 Å². The van der Waals surface area contributed by atoms with Gasteiger partial charge in [0.2, 0.25) is 0 Å². The number of aromatic nitrogens is 2. The second-order valence-corrected chi connectivity index (χ2v) is 14.3. The molecule has 0 aliphatic carbocycles. The van der Waals surface area contributed by atoms with E-state index in [4.69, 9.17) is 19.3 Å². The minimum atomic E-state index is -1.17. The van der Waals surface area contributed by atoms with Crippen LogP contribution in [-0.4, -0.2) is 57.7 Å². The van der Waals surface area contributed by atoms with Crippen LogP contribution in [0, 0.1) is 12.7 Å². The normalized spacial score (nSPS) is 21.3. The van der Waals surface area contributed by atoms with Crippen molar-refractivity contribution in [2.24, 2.45) is 0 Å². The predicted octanol–water partition coefficient (Wildman–Crippen LogP) is 8.38. The van der Waals surface area contributed by atoms with Crippen molar-refractivity contribution in [3.8, 4) is 28.1 Å². The van der Waals surface area contributed by atoms with E-state index in [0.29, 0.717) is 36.6 Å². The third-order valence-electron chi connectivity index (χ3n) is 9.26. The molecular weight excluding hydrogens is 597 g/mol. The highest BCUT2D eigenvalue weighted by molar-refractivity contribution is 5.87. The number of anilines is 1. The molecule has 6 bridgehead atoms. The van der Waals surface area contributed by atoms with Gasteiger partial charge in [-0.1, -0.05) is 18.2 Å². The van der Waals surface area contributed by atoms with Crippen molar-refractivity contribution < 1.29 is 28.5 Å². The zero-order valence-corrected chi connectivity index (χ0v) is 28.3. The van der Waals surface area contributed by atoms with Gasteiger partial charge < -0.3 is 24.2 Å². The molecule has 1 N–H and O–H groups in total. The highest BCUT2D eigenvalue weighted by atomic mass is 19.1. The summed E-state index contributed by atoms with van der Waals surface area (Å²) in [6.45, 7) is 13.8. The second-order valence-electron chi connectivity index (χ2n) is 14.3. The number of carbonyl (C=O) groups is 1. The molecule has 4 aromatic rings. The molecule has 47 heavy (non-hydrogen) atoms. The van der Waals surface area contributed by atoms with E-state index in [1.54, 1.807) is 6.07 Å². The predicted molar refractivity (Wildman–Crippen MR) is 182 cm³/mol. The SMILES string of the molecule is Cc1cn2nc3cc2c(c1C(OC(C)(C)C)C(=O)O)N1CCC(C)(CC1)OCCCCC(C)Oc1ccc(F)cc1-c1cccc-3c1. The van der Waals surface area contributed by atoms with Crippen LogP contribution in [0.2, 0.25) is 0 Å². The Balaban J connectivity index is 1.53. The fraction of sp³-hybridized carbons (Fsp3) is 0.474. The lowest BCUT2D eigenvalue weighted by Crippen LogP contribution is -2.45. The average molecular weight is 644 g/mol. The van der Waals surface area contributed by atoms with Gasteiger partial charge in [0.1, 0.15) is 11.6 Å². The number of halogens is 1. The first-order chi connectivity index (χ1) is 22.3. The number of aliphatic carboxylic acids is 1. The van der Waals surface area contributed by atoms with Gasteiger partial charge >= 0.3 is 5.97 Å². The number of benzene rings is 2. The molecule has 7 rings (SSSR count). The summed E-state index contributed by atoms with van der Waals surface area (Å²) in [5.74, 6) is -0.731. The zero-order chi connectivity index (χ0) is 33.5. The molecule has 0 radical (unpaired) electrons. The monoisotopic (exact) mass is 643 g/mol. The number of aryl methyl sites for hydroxylation is 1. The van der Waals surface area contributed by atoms with Crippen LogP contribution in [0.25, 0.3) is 27.9 Å². The van der Waals surface area contributed by atoms with E-state index in [0.717, 1.165) is 65.7 Å². The summed E-state index contributed by atoms with van der Waals surface area (Å²) >= 11 is 0. The van der Waals surface area contributed by atoms with Crippen molar-refractivity contribution in [2.75, 3.05) is 24.6 Å². The van der Waals surface area contributed by atoms with Gasteiger partial charge in [-0.2, -0.15) is 5.10 Å². The number of fused-ring (bicyclic) bond motifs is 8. The Hall–Kier alpha value is -3.95. The van der Waals surface area contributed by atoms with Crippen LogP contribution in [0.3, 0.4) is 0 Å². The Bertz CT molecular complexity index is 1770. The highest BCUT2D eigenvalue weighted by Gasteiger charge is 2.37. The molecule has 1 fully saturated rings. The maximum Gasteiger partial charge on any atom is 0.337 e. The average Bonchev–Trinajstić information content (AvgIpc) is 3.43. The number of nitrogens with zero attached hydrogens (tertiary/aromatic N) is 3. The molecule has 0 amide bonds. The smallest absolute Gasteiger partial charge is 0.337 e. The molecule has 2 aromatic heterocycles. The molecule has 9 heteroatoms. The Kier molecular flexibility index (Phi) is 9.06. The quantitative estimate of drug-likeness (QED) is 0.240. The molecule has 0 saturated carbocycles. The number of rotatable bonds is 3. The molecule has 1 saturated heterocycles. The molecular formula is C38H46FN3O5. The fourth-order valence-electron chi connectivity index (χ4n) is 6.79.